The minimum atomic E-state index is -1.83. The lowest BCUT2D eigenvalue weighted by atomic mass is 10.00. The molecular weight excluding hydrogens is 1300 g/mol. The van der Waals surface area contributed by atoms with Gasteiger partial charge < -0.3 is 102 Å². The molecule has 0 heterocycles. The van der Waals surface area contributed by atoms with Gasteiger partial charge in [0, 0.05) is 19.4 Å². The summed E-state index contributed by atoms with van der Waals surface area (Å²) < 4.78 is 0. The first-order chi connectivity index (χ1) is 46.9. The van der Waals surface area contributed by atoms with Gasteiger partial charge >= 0.3 is 5.97 Å². The second-order valence-corrected chi connectivity index (χ2v) is 26.2. The third-order valence-electron chi connectivity index (χ3n) is 15.5. The largest absolute Gasteiger partial charge is 0.480 e. The molecule has 556 valence electrons. The van der Waals surface area contributed by atoms with Gasteiger partial charge in [-0.1, -0.05) is 130 Å². The van der Waals surface area contributed by atoms with E-state index in [1.165, 1.54) is 20.8 Å². The normalized spacial score (nSPS) is 14.8. The Morgan fingerprint density at radius 3 is 1.24 bits per heavy atom. The van der Waals surface area contributed by atoms with Gasteiger partial charge in [0.1, 0.15) is 66.5 Å². The van der Waals surface area contributed by atoms with Crippen LogP contribution in [0, 0.1) is 29.6 Å². The molecule has 0 saturated carbocycles. The molecule has 2 aromatic rings. The number of nitrogens with zero attached hydrogens (tertiary/aromatic N) is 1. The van der Waals surface area contributed by atoms with Gasteiger partial charge in [0.05, 0.1) is 32.2 Å². The fraction of sp³-hybridized carbons (Fsp3) is 0.591. The summed E-state index contributed by atoms with van der Waals surface area (Å²) in [6.07, 6.45) is -1.20. The Hall–Kier alpha value is -9.83. The van der Waals surface area contributed by atoms with E-state index in [0.717, 1.165) is 0 Å². The summed E-state index contributed by atoms with van der Waals surface area (Å²) in [5, 5.41) is 60.1. The highest BCUT2D eigenvalue weighted by molar-refractivity contribution is 6.00. The molecule has 0 radical (unpaired) electrons. The predicted octanol–water partition coefficient (Wildman–Crippen LogP) is -4.67. The van der Waals surface area contributed by atoms with Crippen molar-refractivity contribution in [1.82, 2.24) is 63.8 Å². The molecule has 12 atom stereocenters. The van der Waals surface area contributed by atoms with E-state index in [9.17, 15) is 82.4 Å². The minimum absolute atomic E-state index is 0.00656. The van der Waals surface area contributed by atoms with Crippen LogP contribution in [-0.2, 0) is 80.0 Å². The van der Waals surface area contributed by atoms with E-state index in [2.05, 4.69) is 68.8 Å². The van der Waals surface area contributed by atoms with Crippen molar-refractivity contribution in [1.29, 1.82) is 0 Å². The molecule has 0 fully saturated rings. The van der Waals surface area contributed by atoms with Crippen molar-refractivity contribution >= 4 is 88.7 Å². The van der Waals surface area contributed by atoms with Gasteiger partial charge in [-0.15, -0.1) is 0 Å². The minimum Gasteiger partial charge on any atom is -0.480 e. The monoisotopic (exact) mass is 1410 g/mol. The molecule has 13 amide bonds. The third kappa shape index (κ3) is 31.4. The first-order valence-electron chi connectivity index (χ1n) is 33.1. The molecule has 0 unspecified atom stereocenters. The number of aliphatic carboxylic acids is 1. The highest BCUT2D eigenvalue weighted by atomic mass is 16.4. The molecular formula is C66H105N17O17. The molecule has 2 rings (SSSR count). The van der Waals surface area contributed by atoms with Crippen LogP contribution >= 0.6 is 0 Å². The van der Waals surface area contributed by atoms with E-state index < -0.39 is 193 Å². The first-order valence-corrected chi connectivity index (χ1v) is 33.1. The third-order valence-corrected chi connectivity index (χ3v) is 15.5. The summed E-state index contributed by atoms with van der Waals surface area (Å²) in [5.74, 6) is -16.0. The van der Waals surface area contributed by atoms with Crippen molar-refractivity contribution < 1.29 is 82.4 Å². The predicted molar refractivity (Wildman–Crippen MR) is 367 cm³/mol. The maximum absolute atomic E-state index is 14.4. The van der Waals surface area contributed by atoms with Crippen LogP contribution in [0.25, 0.3) is 0 Å². The molecule has 34 heteroatoms. The molecule has 100 heavy (non-hydrogen) atoms. The van der Waals surface area contributed by atoms with Crippen molar-refractivity contribution in [3.8, 4) is 0 Å². The topological polar surface area (TPSA) is 560 Å². The number of aliphatic hydroxyl groups excluding tert-OH is 2. The van der Waals surface area contributed by atoms with Crippen molar-refractivity contribution in [2.24, 2.45) is 57.5 Å². The lowest BCUT2D eigenvalue weighted by Crippen LogP contribution is -2.62. The number of nitrogens with one attached hydrogen (secondary N) is 12. The lowest BCUT2D eigenvalue weighted by Gasteiger charge is -2.29. The van der Waals surface area contributed by atoms with Crippen molar-refractivity contribution in [2.45, 2.75) is 194 Å². The maximum atomic E-state index is 14.4. The Morgan fingerprint density at radius 1 is 0.420 bits per heavy atom. The molecule has 0 spiro atoms. The van der Waals surface area contributed by atoms with Crippen LogP contribution < -0.4 is 86.7 Å². The number of carbonyl (C=O) groups excluding carboxylic acids is 13. The van der Waals surface area contributed by atoms with Crippen LogP contribution in [0.5, 0.6) is 0 Å². The van der Waals surface area contributed by atoms with E-state index in [1.54, 1.807) is 116 Å². The lowest BCUT2D eigenvalue weighted by molar-refractivity contribution is -0.143. The highest BCUT2D eigenvalue weighted by Crippen LogP contribution is 2.14. The van der Waals surface area contributed by atoms with Gasteiger partial charge in [0.25, 0.3) is 0 Å². The fourth-order valence-corrected chi connectivity index (χ4v) is 9.78. The number of benzene rings is 2. The number of hydrogen-bond donors (Lipinski definition) is 19. The van der Waals surface area contributed by atoms with E-state index in [4.69, 9.17) is 22.9 Å². The molecule has 0 saturated heterocycles. The second-order valence-electron chi connectivity index (χ2n) is 26.2. The Kier molecular flexibility index (Phi) is 37.6. The van der Waals surface area contributed by atoms with E-state index in [-0.39, 0.29) is 68.8 Å². The number of primary amides is 1. The average molecular weight is 1410 g/mol. The van der Waals surface area contributed by atoms with Crippen LogP contribution in [-0.4, -0.2) is 203 Å². The zero-order chi connectivity index (χ0) is 75.7. The van der Waals surface area contributed by atoms with E-state index >= 15 is 0 Å². The summed E-state index contributed by atoms with van der Waals surface area (Å²) in [4.78, 5) is 194. The van der Waals surface area contributed by atoms with E-state index in [1.807, 2.05) is 0 Å². The van der Waals surface area contributed by atoms with Gasteiger partial charge in [-0.05, 0) is 73.3 Å². The number of rotatable bonds is 44. The summed E-state index contributed by atoms with van der Waals surface area (Å²) in [7, 11) is 0. The van der Waals surface area contributed by atoms with Gasteiger partial charge in [-0.2, -0.15) is 0 Å². The number of amides is 13. The number of carboxylic acid groups (broad SMARTS) is 1. The van der Waals surface area contributed by atoms with Crippen molar-refractivity contribution in [2.75, 3.05) is 26.3 Å². The fourth-order valence-electron chi connectivity index (χ4n) is 9.78. The van der Waals surface area contributed by atoms with Gasteiger partial charge in [-0.25, -0.2) is 4.79 Å². The number of carbonyl (C=O) groups is 14. The van der Waals surface area contributed by atoms with E-state index in [0.29, 0.717) is 11.1 Å². The summed E-state index contributed by atoms with van der Waals surface area (Å²) in [6, 6.07) is -0.762. The standard InChI is InChI=1S/C66H105N17O17/c1-33(2)25-42(77-58(92)44(27-39-19-14-12-15-20-39)74-50(87)30-72-63(97)51(68)35(5)6)57(91)75-41(23-18-24-71-66(69)70)55(89)80-48(32-85)62(96)82-52(36(7)8)64(98)79-45(28-40-21-16-13-17-22-40)56(90)73-38(11)54(88)76-46(29-49(67)86)59(93)81-47(31-84)61(95)78-43(26-34(3)4)60(94)83-53(37(9)10)65(99)100/h12-17,19-22,33-38,41-48,51-53,84-85H,18,23-32,68H2,1-11H3,(H2,67,86)(H,72,97)(H,73,90)(H,74,87)(H,75,91)(H,76,88)(H,77,92)(H,78,95)(H,79,98)(H,80,89)(H,81,93)(H,82,96)(H,83,94)(H,99,100)(H4,69,70,71)/t38-,41-,42-,43-,44-,45-,46-,47-,48-,51-,52-,53-/m0/s1. The number of nitrogens with two attached hydrogens (primary N) is 4. The number of aliphatic imine (C=N–C) groups is 1. The number of hydrogen-bond acceptors (Lipinski definition) is 18. The molecule has 0 aliphatic carbocycles. The molecule has 23 N–H and O–H groups in total. The SMILES string of the molecule is CC(C)C[C@H](NC(=O)[C@H](Cc1ccccc1)NC(=O)CNC(=O)[C@@H](N)C(C)C)C(=O)N[C@@H](CCCN=C(N)N)C(=O)N[C@@H](CO)C(=O)N[C@H](C(=O)N[C@@H](Cc1ccccc1)C(=O)N[C@@H](C)C(=O)N[C@@H](CC(N)=O)C(=O)N[C@@H](CO)C(=O)N[C@@H](CC(C)C)C(=O)N[C@H](C(=O)O)C(C)C)C(C)C. The van der Waals surface area contributed by atoms with Gasteiger partial charge in [0.2, 0.25) is 76.8 Å². The van der Waals surface area contributed by atoms with Crippen LogP contribution in [0.4, 0.5) is 0 Å². The van der Waals surface area contributed by atoms with Crippen LogP contribution in [0.1, 0.15) is 119 Å². The highest BCUT2D eigenvalue weighted by Gasteiger charge is 2.38. The smallest absolute Gasteiger partial charge is 0.326 e. The summed E-state index contributed by atoms with van der Waals surface area (Å²) in [6.45, 7) is 15.2. The number of aliphatic hydroxyl groups is 2. The zero-order valence-electron chi connectivity index (χ0n) is 58.7. The molecule has 0 aromatic heterocycles. The molecule has 0 bridgehead atoms. The van der Waals surface area contributed by atoms with Gasteiger partial charge in [-0.3, -0.25) is 67.3 Å². The maximum Gasteiger partial charge on any atom is 0.326 e. The van der Waals surface area contributed by atoms with Crippen molar-refractivity contribution in [3.63, 3.8) is 0 Å². The Morgan fingerprint density at radius 2 is 0.800 bits per heavy atom. The van der Waals surface area contributed by atoms with Crippen LogP contribution in [0.2, 0.25) is 0 Å². The number of carboxylic acids is 1. The summed E-state index contributed by atoms with van der Waals surface area (Å²) in [5.41, 5.74) is 23.6. The quantitative estimate of drug-likeness (QED) is 0.0168. The summed E-state index contributed by atoms with van der Waals surface area (Å²) >= 11 is 0. The number of guanidine groups is 1. The van der Waals surface area contributed by atoms with Crippen molar-refractivity contribution in [3.05, 3.63) is 71.8 Å². The molecule has 0 aliphatic heterocycles. The zero-order valence-corrected chi connectivity index (χ0v) is 58.7. The van der Waals surface area contributed by atoms with Crippen LogP contribution in [0.15, 0.2) is 65.7 Å². The first kappa shape index (κ1) is 86.3. The second kappa shape index (κ2) is 43.5. The van der Waals surface area contributed by atoms with Gasteiger partial charge in [0.15, 0.2) is 5.96 Å². The molecule has 0 aliphatic rings. The Balaban J connectivity index is 2.40. The van der Waals surface area contributed by atoms with Crippen LogP contribution in [0.3, 0.4) is 0 Å². The average Bonchev–Trinajstić information content (AvgIpc) is 0.866. The molecule has 2 aromatic carbocycles. The molecule has 34 nitrogen and oxygen atoms in total. The Labute approximate surface area is 582 Å². The Bertz CT molecular complexity index is 3110.